The molecule has 3 aromatic rings. The molecule has 2 aliphatic heterocycles. The first kappa shape index (κ1) is 17.6. The van der Waals surface area contributed by atoms with Gasteiger partial charge in [0.25, 0.3) is 0 Å². The minimum absolute atomic E-state index is 0.310. The molecule has 0 N–H and O–H groups in total. The summed E-state index contributed by atoms with van der Waals surface area (Å²) in [6.07, 6.45) is 2.25. The highest BCUT2D eigenvalue weighted by Gasteiger charge is 2.28. The van der Waals surface area contributed by atoms with E-state index in [9.17, 15) is 0 Å². The van der Waals surface area contributed by atoms with Crippen molar-refractivity contribution in [2.75, 3.05) is 19.9 Å². The fraction of sp³-hybridized carbons (Fsp3) is 0.450. The summed E-state index contributed by atoms with van der Waals surface area (Å²) >= 11 is 1.39. The second-order valence-electron chi connectivity index (χ2n) is 7.53. The molecule has 4 heterocycles. The lowest BCUT2D eigenvalue weighted by Gasteiger charge is -2.32. The van der Waals surface area contributed by atoms with Gasteiger partial charge in [-0.1, -0.05) is 9.64 Å². The van der Waals surface area contributed by atoms with Crippen LogP contribution in [-0.2, 0) is 6.54 Å². The lowest BCUT2D eigenvalue weighted by molar-refractivity contribution is 0.173. The van der Waals surface area contributed by atoms with Crippen LogP contribution in [0.3, 0.4) is 0 Å². The van der Waals surface area contributed by atoms with Crippen LogP contribution in [0.1, 0.15) is 41.3 Å². The van der Waals surface area contributed by atoms with Crippen molar-refractivity contribution in [2.24, 2.45) is 0 Å². The predicted octanol–water partition coefficient (Wildman–Crippen LogP) is 3.92. The Hall–Kier alpha value is -2.45. The second-order valence-corrected chi connectivity index (χ2v) is 8.28. The third kappa shape index (κ3) is 3.27. The van der Waals surface area contributed by atoms with E-state index >= 15 is 0 Å². The molecule has 0 radical (unpaired) electrons. The number of rotatable bonds is 4. The molecule has 8 heteroatoms. The maximum absolute atomic E-state index is 5.56. The molecule has 0 aliphatic carbocycles. The van der Waals surface area contributed by atoms with Crippen LogP contribution in [0.5, 0.6) is 11.5 Å². The number of hydrogen-bond donors (Lipinski definition) is 0. The number of likely N-dealkylation sites (tertiary alicyclic amines) is 1. The zero-order valence-electron chi connectivity index (χ0n) is 16.0. The quantitative estimate of drug-likeness (QED) is 0.659. The molecule has 2 aliphatic rings. The Labute approximate surface area is 167 Å². The van der Waals surface area contributed by atoms with Crippen molar-refractivity contribution in [1.82, 2.24) is 19.6 Å². The van der Waals surface area contributed by atoms with Gasteiger partial charge in [-0.25, -0.2) is 0 Å². The summed E-state index contributed by atoms with van der Waals surface area (Å²) < 4.78 is 20.7. The minimum atomic E-state index is 0.310. The second kappa shape index (κ2) is 7.18. The summed E-state index contributed by atoms with van der Waals surface area (Å²) in [6.45, 7) is 7.31. The van der Waals surface area contributed by atoms with Gasteiger partial charge in [0.1, 0.15) is 4.88 Å². The predicted molar refractivity (Wildman–Crippen MR) is 105 cm³/mol. The van der Waals surface area contributed by atoms with Gasteiger partial charge in [0.2, 0.25) is 6.79 Å². The highest BCUT2D eigenvalue weighted by atomic mass is 32.1. The van der Waals surface area contributed by atoms with Gasteiger partial charge in [-0.15, -0.1) is 5.10 Å². The van der Waals surface area contributed by atoms with Gasteiger partial charge >= 0.3 is 0 Å². The molecule has 0 bridgehead atoms. The largest absolute Gasteiger partial charge is 0.454 e. The van der Waals surface area contributed by atoms with Crippen LogP contribution in [0.15, 0.2) is 22.7 Å². The van der Waals surface area contributed by atoms with E-state index in [-0.39, 0.29) is 0 Å². The Morgan fingerprint density at radius 2 is 2.04 bits per heavy atom. The number of piperidine rings is 1. The maximum atomic E-state index is 5.56. The third-order valence-corrected chi connectivity index (χ3v) is 6.24. The summed E-state index contributed by atoms with van der Waals surface area (Å²) in [5, 5.41) is 8.46. The van der Waals surface area contributed by atoms with Crippen molar-refractivity contribution in [2.45, 2.75) is 39.2 Å². The van der Waals surface area contributed by atoms with E-state index < -0.39 is 0 Å². The molecule has 146 valence electrons. The van der Waals surface area contributed by atoms with Gasteiger partial charge in [-0.3, -0.25) is 4.90 Å². The van der Waals surface area contributed by atoms with E-state index in [1.54, 1.807) is 0 Å². The summed E-state index contributed by atoms with van der Waals surface area (Å²) in [6, 6.07) is 6.15. The van der Waals surface area contributed by atoms with E-state index in [1.165, 1.54) is 22.7 Å². The van der Waals surface area contributed by atoms with Crippen molar-refractivity contribution in [3.8, 4) is 22.1 Å². The van der Waals surface area contributed by atoms with Crippen molar-refractivity contribution in [3.63, 3.8) is 0 Å². The van der Waals surface area contributed by atoms with Crippen LogP contribution >= 0.6 is 11.5 Å². The van der Waals surface area contributed by atoms with Crippen LogP contribution in [0.2, 0.25) is 0 Å². The van der Waals surface area contributed by atoms with Gasteiger partial charge in [0, 0.05) is 25.1 Å². The molecular formula is C20H22N4O3S. The number of aromatic nitrogens is 3. The van der Waals surface area contributed by atoms with E-state index in [2.05, 4.69) is 38.7 Å². The van der Waals surface area contributed by atoms with E-state index in [4.69, 9.17) is 14.0 Å². The molecule has 1 fully saturated rings. The third-order valence-electron chi connectivity index (χ3n) is 5.48. The number of aryl methyl sites for hydroxylation is 2. The standard InChI is InChI=1S/C20H22N4O3S/c1-12-6-16-17(26-11-25-16)8-15(12)10-24-5-3-4-14(9-24)19-20(28-23-21-19)18-7-13(2)22-27-18/h6-8,14H,3-5,9-11H2,1-2H3/t14-/m0/s1. The highest BCUT2D eigenvalue weighted by molar-refractivity contribution is 7.09. The molecule has 1 aromatic carbocycles. The highest BCUT2D eigenvalue weighted by Crippen LogP contribution is 2.38. The summed E-state index contributed by atoms with van der Waals surface area (Å²) in [7, 11) is 0. The van der Waals surface area contributed by atoms with E-state index in [1.807, 2.05) is 13.0 Å². The Kier molecular flexibility index (Phi) is 4.52. The average molecular weight is 398 g/mol. The van der Waals surface area contributed by atoms with E-state index in [0.717, 1.165) is 66.0 Å². The molecule has 0 amide bonds. The lowest BCUT2D eigenvalue weighted by atomic mass is 9.93. The maximum Gasteiger partial charge on any atom is 0.231 e. The molecule has 5 rings (SSSR count). The fourth-order valence-corrected chi connectivity index (χ4v) is 4.72. The van der Waals surface area contributed by atoms with Crippen LogP contribution in [0.4, 0.5) is 0 Å². The fourth-order valence-electron chi connectivity index (χ4n) is 4.03. The van der Waals surface area contributed by atoms with E-state index in [0.29, 0.717) is 12.7 Å². The normalized spacial score (nSPS) is 19.3. The van der Waals surface area contributed by atoms with Crippen molar-refractivity contribution in [1.29, 1.82) is 0 Å². The first-order valence-corrected chi connectivity index (χ1v) is 10.3. The summed E-state index contributed by atoms with van der Waals surface area (Å²) in [5.74, 6) is 2.81. The zero-order valence-corrected chi connectivity index (χ0v) is 16.8. The molecule has 1 saturated heterocycles. The number of nitrogens with zero attached hydrogens (tertiary/aromatic N) is 4. The van der Waals surface area contributed by atoms with Crippen LogP contribution < -0.4 is 9.47 Å². The first-order valence-electron chi connectivity index (χ1n) is 9.55. The summed E-state index contributed by atoms with van der Waals surface area (Å²) in [5.41, 5.74) is 4.43. The van der Waals surface area contributed by atoms with Crippen LogP contribution in [0.25, 0.3) is 10.6 Å². The van der Waals surface area contributed by atoms with Crippen LogP contribution in [-0.4, -0.2) is 39.5 Å². The number of benzene rings is 1. The number of ether oxygens (including phenoxy) is 2. The van der Waals surface area contributed by atoms with Gasteiger partial charge in [-0.2, -0.15) is 0 Å². The lowest BCUT2D eigenvalue weighted by Crippen LogP contribution is -2.34. The van der Waals surface area contributed by atoms with Gasteiger partial charge in [-0.05, 0) is 68.0 Å². The van der Waals surface area contributed by atoms with Gasteiger partial charge in [0.15, 0.2) is 17.3 Å². The van der Waals surface area contributed by atoms with Crippen molar-refractivity contribution < 1.29 is 14.0 Å². The Morgan fingerprint density at radius 3 is 2.86 bits per heavy atom. The topological polar surface area (TPSA) is 73.5 Å². The van der Waals surface area contributed by atoms with Crippen molar-refractivity contribution >= 4 is 11.5 Å². The van der Waals surface area contributed by atoms with Gasteiger partial charge < -0.3 is 14.0 Å². The molecule has 0 unspecified atom stereocenters. The number of fused-ring (bicyclic) bond motifs is 1. The molecular weight excluding hydrogens is 376 g/mol. The molecule has 28 heavy (non-hydrogen) atoms. The first-order chi connectivity index (χ1) is 13.7. The molecule has 1 atom stereocenters. The molecule has 0 saturated carbocycles. The SMILES string of the molecule is Cc1cc(-c2snnc2[C@H]2CCCN(Cc3cc4c(cc3C)OCO4)C2)on1. The minimum Gasteiger partial charge on any atom is -0.454 e. The Morgan fingerprint density at radius 1 is 1.18 bits per heavy atom. The Balaban J connectivity index is 1.35. The smallest absolute Gasteiger partial charge is 0.231 e. The monoisotopic (exact) mass is 398 g/mol. The molecule has 7 nitrogen and oxygen atoms in total. The zero-order chi connectivity index (χ0) is 19.1. The summed E-state index contributed by atoms with van der Waals surface area (Å²) in [4.78, 5) is 3.50. The van der Waals surface area contributed by atoms with Crippen LogP contribution in [0, 0.1) is 13.8 Å². The van der Waals surface area contributed by atoms with Gasteiger partial charge in [0.05, 0.1) is 11.4 Å². The molecule has 0 spiro atoms. The molecule has 2 aromatic heterocycles. The number of hydrogen-bond acceptors (Lipinski definition) is 8. The van der Waals surface area contributed by atoms with Crippen molar-refractivity contribution in [3.05, 3.63) is 40.7 Å². The Bertz CT molecular complexity index is 999. The average Bonchev–Trinajstić information content (AvgIpc) is 3.42.